The Morgan fingerprint density at radius 3 is 2.74 bits per heavy atom. The van der Waals surface area contributed by atoms with E-state index in [2.05, 4.69) is 10.6 Å². The van der Waals surface area contributed by atoms with E-state index in [0.29, 0.717) is 0 Å². The van der Waals surface area contributed by atoms with Crippen molar-refractivity contribution in [1.29, 1.82) is 0 Å². The van der Waals surface area contributed by atoms with Crippen molar-refractivity contribution in [3.05, 3.63) is 30.1 Å². The monoisotopic (exact) mass is 266 g/mol. The number of urea groups is 1. The molecule has 104 valence electrons. The molecule has 1 atom stereocenters. The number of carbonyl (C=O) groups excluding carboxylic acids is 1. The third-order valence-electron chi connectivity index (χ3n) is 3.54. The van der Waals surface area contributed by atoms with Gasteiger partial charge in [0.1, 0.15) is 5.82 Å². The second kappa shape index (κ2) is 6.52. The van der Waals surface area contributed by atoms with Gasteiger partial charge in [-0.05, 0) is 30.9 Å². The summed E-state index contributed by atoms with van der Waals surface area (Å²) in [5.41, 5.74) is 0.135. The molecule has 1 unspecified atom stereocenters. The highest BCUT2D eigenvalue weighted by Gasteiger charge is 2.23. The molecular weight excluding hydrogens is 247 g/mol. The third kappa shape index (κ3) is 3.92. The first kappa shape index (κ1) is 13.8. The van der Waals surface area contributed by atoms with Crippen LogP contribution in [0.25, 0.3) is 0 Å². The molecule has 0 heterocycles. The molecule has 0 bridgehead atoms. The predicted octanol–water partition coefficient (Wildman–Crippen LogP) is 2.50. The number of halogens is 1. The molecule has 5 heteroatoms. The van der Waals surface area contributed by atoms with Gasteiger partial charge < -0.3 is 15.7 Å². The number of amides is 2. The molecule has 2 amide bonds. The van der Waals surface area contributed by atoms with Crippen molar-refractivity contribution in [1.82, 2.24) is 5.32 Å². The minimum atomic E-state index is -0.520. The highest BCUT2D eigenvalue weighted by molar-refractivity contribution is 5.89. The summed E-state index contributed by atoms with van der Waals surface area (Å²) >= 11 is 0. The fraction of sp³-hybridized carbons (Fsp3) is 0.500. The summed E-state index contributed by atoms with van der Waals surface area (Å²) in [6.07, 6.45) is 3.79. The molecule has 0 spiro atoms. The number of hydrogen-bond acceptors (Lipinski definition) is 2. The van der Waals surface area contributed by atoms with Gasteiger partial charge >= 0.3 is 6.03 Å². The van der Waals surface area contributed by atoms with Crippen LogP contribution in [0.5, 0.6) is 0 Å². The number of para-hydroxylation sites is 1. The van der Waals surface area contributed by atoms with E-state index in [1.54, 1.807) is 12.1 Å². The molecule has 1 aromatic carbocycles. The molecule has 0 radical (unpaired) electrons. The quantitative estimate of drug-likeness (QED) is 0.784. The van der Waals surface area contributed by atoms with Gasteiger partial charge in [0.2, 0.25) is 0 Å². The lowest BCUT2D eigenvalue weighted by atomic mass is 10.0. The fourth-order valence-corrected chi connectivity index (χ4v) is 2.44. The standard InChI is InChI=1S/C14H19FN2O2/c15-11-7-3-4-8-12(11)17-14(19)16-9-13(18)10-5-1-2-6-10/h3-4,7-8,10,13,18H,1-2,5-6,9H2,(H2,16,17,19). The Labute approximate surface area is 112 Å². The number of aliphatic hydroxyl groups excluding tert-OH is 1. The van der Waals surface area contributed by atoms with Crippen LogP contribution in [-0.4, -0.2) is 23.8 Å². The van der Waals surface area contributed by atoms with Crippen LogP contribution in [-0.2, 0) is 0 Å². The Hall–Kier alpha value is -1.62. The topological polar surface area (TPSA) is 61.4 Å². The molecule has 0 aromatic heterocycles. The van der Waals surface area contributed by atoms with E-state index < -0.39 is 18.0 Å². The summed E-state index contributed by atoms with van der Waals surface area (Å²) < 4.78 is 13.3. The molecule has 1 aliphatic carbocycles. The van der Waals surface area contributed by atoms with Crippen LogP contribution in [0.15, 0.2) is 24.3 Å². The molecule has 1 saturated carbocycles. The Kier molecular flexibility index (Phi) is 4.74. The number of hydrogen-bond donors (Lipinski definition) is 3. The number of nitrogens with one attached hydrogen (secondary N) is 2. The SMILES string of the molecule is O=C(NCC(O)C1CCCC1)Nc1ccccc1F. The zero-order chi connectivity index (χ0) is 13.7. The molecule has 0 aliphatic heterocycles. The van der Waals surface area contributed by atoms with Crippen molar-refractivity contribution in [2.75, 3.05) is 11.9 Å². The van der Waals surface area contributed by atoms with Crippen LogP contribution in [0.3, 0.4) is 0 Å². The molecule has 1 fully saturated rings. The van der Waals surface area contributed by atoms with Gasteiger partial charge in [-0.15, -0.1) is 0 Å². The van der Waals surface area contributed by atoms with Crippen LogP contribution in [0.2, 0.25) is 0 Å². The van der Waals surface area contributed by atoms with E-state index >= 15 is 0 Å². The van der Waals surface area contributed by atoms with E-state index in [1.807, 2.05) is 0 Å². The first-order valence-corrected chi connectivity index (χ1v) is 6.64. The van der Waals surface area contributed by atoms with Gasteiger partial charge in [-0.2, -0.15) is 0 Å². The fourth-order valence-electron chi connectivity index (χ4n) is 2.44. The van der Waals surface area contributed by atoms with E-state index in [1.165, 1.54) is 12.1 Å². The lowest BCUT2D eigenvalue weighted by Crippen LogP contribution is -2.38. The number of aliphatic hydroxyl groups is 1. The summed E-state index contributed by atoms with van der Waals surface area (Å²) in [6, 6.07) is 5.47. The average molecular weight is 266 g/mol. The van der Waals surface area contributed by atoms with Gasteiger partial charge in [0.25, 0.3) is 0 Å². The summed E-state index contributed by atoms with van der Waals surface area (Å²) in [4.78, 5) is 11.6. The average Bonchev–Trinajstić information content (AvgIpc) is 2.93. The van der Waals surface area contributed by atoms with E-state index in [-0.39, 0.29) is 18.2 Å². The zero-order valence-electron chi connectivity index (χ0n) is 10.7. The van der Waals surface area contributed by atoms with Crippen LogP contribution in [0, 0.1) is 11.7 Å². The van der Waals surface area contributed by atoms with Crippen molar-refractivity contribution in [2.24, 2.45) is 5.92 Å². The van der Waals surface area contributed by atoms with Gasteiger partial charge in [-0.3, -0.25) is 0 Å². The highest BCUT2D eigenvalue weighted by atomic mass is 19.1. The maximum atomic E-state index is 13.3. The van der Waals surface area contributed by atoms with E-state index in [9.17, 15) is 14.3 Å². The molecule has 1 aliphatic rings. The minimum absolute atomic E-state index is 0.135. The molecule has 1 aromatic rings. The Morgan fingerprint density at radius 1 is 1.37 bits per heavy atom. The number of carbonyl (C=O) groups is 1. The molecule has 19 heavy (non-hydrogen) atoms. The maximum absolute atomic E-state index is 13.3. The van der Waals surface area contributed by atoms with Crippen molar-refractivity contribution < 1.29 is 14.3 Å². The predicted molar refractivity (Wildman–Crippen MR) is 71.4 cm³/mol. The highest BCUT2D eigenvalue weighted by Crippen LogP contribution is 2.27. The summed E-state index contributed by atoms with van der Waals surface area (Å²) in [5, 5.41) is 14.9. The summed E-state index contributed by atoms with van der Waals surface area (Å²) in [7, 11) is 0. The van der Waals surface area contributed by atoms with Gasteiger partial charge in [-0.25, -0.2) is 9.18 Å². The van der Waals surface area contributed by atoms with Crippen LogP contribution in [0.1, 0.15) is 25.7 Å². The number of rotatable bonds is 4. The number of benzene rings is 1. The first-order chi connectivity index (χ1) is 9.16. The summed E-state index contributed by atoms with van der Waals surface area (Å²) in [5.74, 6) is -0.206. The van der Waals surface area contributed by atoms with E-state index in [4.69, 9.17) is 0 Å². The molecule has 3 N–H and O–H groups in total. The van der Waals surface area contributed by atoms with Crippen molar-refractivity contribution in [2.45, 2.75) is 31.8 Å². The minimum Gasteiger partial charge on any atom is -0.391 e. The zero-order valence-corrected chi connectivity index (χ0v) is 10.7. The van der Waals surface area contributed by atoms with Crippen molar-refractivity contribution >= 4 is 11.7 Å². The number of anilines is 1. The summed E-state index contributed by atoms with van der Waals surface area (Å²) in [6.45, 7) is 0.199. The lowest BCUT2D eigenvalue weighted by molar-refractivity contribution is 0.111. The van der Waals surface area contributed by atoms with Gasteiger partial charge in [0.15, 0.2) is 0 Å². The smallest absolute Gasteiger partial charge is 0.319 e. The third-order valence-corrected chi connectivity index (χ3v) is 3.54. The largest absolute Gasteiger partial charge is 0.391 e. The van der Waals surface area contributed by atoms with Gasteiger partial charge in [0, 0.05) is 6.54 Å². The molecular formula is C14H19FN2O2. The second-order valence-electron chi connectivity index (χ2n) is 4.93. The van der Waals surface area contributed by atoms with E-state index in [0.717, 1.165) is 25.7 Å². The lowest BCUT2D eigenvalue weighted by Gasteiger charge is -2.18. The van der Waals surface area contributed by atoms with Gasteiger partial charge in [-0.1, -0.05) is 25.0 Å². The Balaban J connectivity index is 1.77. The Morgan fingerprint density at radius 2 is 2.05 bits per heavy atom. The maximum Gasteiger partial charge on any atom is 0.319 e. The van der Waals surface area contributed by atoms with Crippen LogP contribution < -0.4 is 10.6 Å². The van der Waals surface area contributed by atoms with Crippen LogP contribution in [0.4, 0.5) is 14.9 Å². The molecule has 2 rings (SSSR count). The molecule has 4 nitrogen and oxygen atoms in total. The first-order valence-electron chi connectivity index (χ1n) is 6.64. The van der Waals surface area contributed by atoms with Crippen molar-refractivity contribution in [3.8, 4) is 0 Å². The van der Waals surface area contributed by atoms with Gasteiger partial charge in [0.05, 0.1) is 11.8 Å². The normalized spacial score (nSPS) is 17.2. The second-order valence-corrected chi connectivity index (χ2v) is 4.93. The van der Waals surface area contributed by atoms with Crippen molar-refractivity contribution in [3.63, 3.8) is 0 Å². The molecule has 0 saturated heterocycles. The van der Waals surface area contributed by atoms with Crippen LogP contribution >= 0.6 is 0 Å². The Bertz CT molecular complexity index is 433.